The van der Waals surface area contributed by atoms with Crippen LogP contribution >= 0.6 is 11.3 Å². The lowest BCUT2D eigenvalue weighted by Gasteiger charge is -2.26. The van der Waals surface area contributed by atoms with E-state index in [4.69, 9.17) is 9.47 Å². The Labute approximate surface area is 339 Å². The number of thiophene rings is 1. The zero-order chi connectivity index (χ0) is 40.3. The second-order valence-electron chi connectivity index (χ2n) is 16.2. The first-order valence-corrected chi connectivity index (χ1v) is 19.9. The van der Waals surface area contributed by atoms with E-state index < -0.39 is 5.97 Å². The second-order valence-corrected chi connectivity index (χ2v) is 17.3. The Hall–Kier alpha value is -6.36. The van der Waals surface area contributed by atoms with Crippen LogP contribution in [-0.2, 0) is 15.6 Å². The third-order valence-corrected chi connectivity index (χ3v) is 11.1. The van der Waals surface area contributed by atoms with Crippen molar-refractivity contribution in [2.24, 2.45) is 0 Å². The maximum Gasteiger partial charge on any atom is 0.346 e. The molecule has 7 rings (SSSR count). The molecule has 5 aromatic carbocycles. The predicted octanol–water partition coefficient (Wildman–Crippen LogP) is 13.1. The predicted molar refractivity (Wildman–Crippen MR) is 235 cm³/mol. The van der Waals surface area contributed by atoms with Crippen LogP contribution in [0.1, 0.15) is 68.0 Å². The van der Waals surface area contributed by atoms with E-state index in [0.29, 0.717) is 29.6 Å². The number of nitriles is 1. The minimum atomic E-state index is -1.29. The molecule has 0 saturated heterocycles. The number of nitrogens with zero attached hydrogens (tertiary/aromatic N) is 2. The zero-order valence-corrected chi connectivity index (χ0v) is 34.0. The average molecular weight is 771 g/mol. The summed E-state index contributed by atoms with van der Waals surface area (Å²) < 4.78 is 11.8. The van der Waals surface area contributed by atoms with E-state index in [0.717, 1.165) is 38.6 Å². The fourth-order valence-corrected chi connectivity index (χ4v) is 7.80. The summed E-state index contributed by atoms with van der Waals surface area (Å²) in [6.45, 7) is 14.1. The van der Waals surface area contributed by atoms with Gasteiger partial charge in [-0.15, -0.1) is 11.3 Å². The Morgan fingerprint density at radius 1 is 0.614 bits per heavy atom. The van der Waals surface area contributed by atoms with Crippen LogP contribution in [0.3, 0.4) is 0 Å². The zero-order valence-electron chi connectivity index (χ0n) is 33.2. The van der Waals surface area contributed by atoms with Crippen LogP contribution in [0.4, 0.5) is 17.1 Å². The summed E-state index contributed by atoms with van der Waals surface area (Å²) >= 11 is 1.32. The third-order valence-electron chi connectivity index (χ3n) is 10.1. The van der Waals surface area contributed by atoms with Crippen molar-refractivity contribution in [1.82, 2.24) is 0 Å². The lowest BCUT2D eigenvalue weighted by atomic mass is 9.86. The highest BCUT2D eigenvalue weighted by atomic mass is 32.1. The number of carboxylic acids is 1. The van der Waals surface area contributed by atoms with Crippen molar-refractivity contribution in [2.45, 2.75) is 52.4 Å². The monoisotopic (exact) mass is 770 g/mol. The number of anilines is 3. The first kappa shape index (κ1) is 38.9. The fraction of sp³-hybridized carbons (Fsp3) is 0.200. The van der Waals surface area contributed by atoms with E-state index in [-0.39, 0.29) is 16.4 Å². The molecular weight excluding hydrogens is 725 g/mol. The lowest BCUT2D eigenvalue weighted by Crippen LogP contribution is -2.15. The van der Waals surface area contributed by atoms with Crippen LogP contribution in [0.5, 0.6) is 11.5 Å². The molecule has 1 aliphatic heterocycles. The fourth-order valence-electron chi connectivity index (χ4n) is 6.76. The van der Waals surface area contributed by atoms with Gasteiger partial charge in [0.1, 0.15) is 24.9 Å². The van der Waals surface area contributed by atoms with Gasteiger partial charge in [0.2, 0.25) is 0 Å². The summed E-state index contributed by atoms with van der Waals surface area (Å²) in [6.07, 6.45) is 5.27. The maximum absolute atomic E-state index is 11.5. The molecule has 1 aromatic heterocycles. The van der Waals surface area contributed by atoms with Gasteiger partial charge in [0.25, 0.3) is 0 Å². The summed E-state index contributed by atoms with van der Waals surface area (Å²) in [6, 6.07) is 45.3. The number of rotatable bonds is 9. The van der Waals surface area contributed by atoms with Crippen LogP contribution < -0.4 is 14.4 Å². The van der Waals surface area contributed by atoms with Crippen LogP contribution in [0.25, 0.3) is 40.5 Å². The molecule has 0 saturated carbocycles. The quantitative estimate of drug-likeness (QED) is 0.116. The summed E-state index contributed by atoms with van der Waals surface area (Å²) in [5, 5.41) is 18.7. The molecule has 57 heavy (non-hydrogen) atoms. The first-order chi connectivity index (χ1) is 27.3. The third kappa shape index (κ3) is 8.72. The molecular formula is C50H46N2O4S. The SMILES string of the molecule is CC(C)(C)c1ccc(-c2ccc(N(c3ccc(/C=C/c4sc(/C=C(/C#N)C(=O)O)c5c4OCCO5)cc3)c3ccc(-c4ccc(C(C)(C)C)cc4)cc3)cc2)cc1. The van der Waals surface area contributed by atoms with Crippen LogP contribution in [0.2, 0.25) is 0 Å². The summed E-state index contributed by atoms with van der Waals surface area (Å²) in [4.78, 5) is 15.1. The number of fused-ring (bicyclic) bond motifs is 1. The Balaban J connectivity index is 1.20. The van der Waals surface area contributed by atoms with Gasteiger partial charge in [0.15, 0.2) is 11.5 Å². The Kier molecular flexibility index (Phi) is 10.9. The van der Waals surface area contributed by atoms with E-state index in [2.05, 4.69) is 168 Å². The summed E-state index contributed by atoms with van der Waals surface area (Å²) in [5.41, 5.74) is 11.2. The van der Waals surface area contributed by atoms with E-state index in [1.54, 1.807) is 6.07 Å². The van der Waals surface area contributed by atoms with Gasteiger partial charge in [-0.25, -0.2) is 4.79 Å². The van der Waals surface area contributed by atoms with Crippen molar-refractivity contribution in [2.75, 3.05) is 18.1 Å². The molecule has 0 aliphatic carbocycles. The molecule has 286 valence electrons. The number of aliphatic carboxylic acids is 1. The van der Waals surface area contributed by atoms with Gasteiger partial charge in [-0.05, 0) is 98.3 Å². The number of ether oxygens (including phenoxy) is 2. The molecule has 1 N–H and O–H groups in total. The van der Waals surface area contributed by atoms with Crippen molar-refractivity contribution in [3.63, 3.8) is 0 Å². The Bertz CT molecular complexity index is 2370. The van der Waals surface area contributed by atoms with Gasteiger partial charge in [0.05, 0.1) is 9.75 Å². The molecule has 7 heteroatoms. The van der Waals surface area contributed by atoms with E-state index in [1.165, 1.54) is 39.7 Å². The van der Waals surface area contributed by atoms with Gasteiger partial charge in [-0.1, -0.05) is 133 Å². The highest BCUT2D eigenvalue weighted by Gasteiger charge is 2.24. The highest BCUT2D eigenvalue weighted by molar-refractivity contribution is 7.14. The number of hydrogen-bond acceptors (Lipinski definition) is 6. The highest BCUT2D eigenvalue weighted by Crippen LogP contribution is 2.46. The molecule has 0 atom stereocenters. The molecule has 1 aliphatic rings. The smallest absolute Gasteiger partial charge is 0.346 e. The van der Waals surface area contributed by atoms with Crippen molar-refractivity contribution in [3.8, 4) is 39.8 Å². The minimum Gasteiger partial charge on any atom is -0.485 e. The van der Waals surface area contributed by atoms with Crippen molar-refractivity contribution >= 4 is 52.6 Å². The molecule has 0 radical (unpaired) electrons. The van der Waals surface area contributed by atoms with Gasteiger partial charge in [-0.2, -0.15) is 5.26 Å². The van der Waals surface area contributed by atoms with Crippen LogP contribution in [0.15, 0.2) is 127 Å². The van der Waals surface area contributed by atoms with Gasteiger partial charge >= 0.3 is 5.97 Å². The van der Waals surface area contributed by atoms with Gasteiger partial charge < -0.3 is 19.5 Å². The van der Waals surface area contributed by atoms with E-state index >= 15 is 0 Å². The summed E-state index contributed by atoms with van der Waals surface area (Å²) in [5.74, 6) is -0.264. The van der Waals surface area contributed by atoms with Crippen molar-refractivity contribution in [1.29, 1.82) is 5.26 Å². The van der Waals surface area contributed by atoms with Gasteiger partial charge in [0, 0.05) is 17.1 Å². The second kappa shape index (κ2) is 16.0. The van der Waals surface area contributed by atoms with Crippen molar-refractivity contribution < 1.29 is 19.4 Å². The van der Waals surface area contributed by atoms with Crippen LogP contribution in [0, 0.1) is 11.3 Å². The summed E-state index contributed by atoms with van der Waals surface area (Å²) in [7, 11) is 0. The molecule has 0 fully saturated rings. The van der Waals surface area contributed by atoms with E-state index in [1.807, 2.05) is 12.2 Å². The lowest BCUT2D eigenvalue weighted by molar-refractivity contribution is -0.132. The molecule has 0 unspecified atom stereocenters. The molecule has 0 bridgehead atoms. The van der Waals surface area contributed by atoms with Crippen molar-refractivity contribution in [3.05, 3.63) is 153 Å². The Morgan fingerprint density at radius 3 is 1.39 bits per heavy atom. The average Bonchev–Trinajstić information content (AvgIpc) is 3.56. The molecule has 6 aromatic rings. The Morgan fingerprint density at radius 2 is 1.00 bits per heavy atom. The maximum atomic E-state index is 11.5. The number of carbonyl (C=O) groups is 1. The largest absolute Gasteiger partial charge is 0.485 e. The number of carboxylic acid groups (broad SMARTS) is 1. The molecule has 0 spiro atoms. The van der Waals surface area contributed by atoms with Gasteiger partial charge in [-0.3, -0.25) is 0 Å². The molecule has 6 nitrogen and oxygen atoms in total. The number of benzene rings is 5. The van der Waals surface area contributed by atoms with Crippen LogP contribution in [-0.4, -0.2) is 24.3 Å². The number of hydrogen-bond donors (Lipinski definition) is 1. The van der Waals surface area contributed by atoms with E-state index in [9.17, 15) is 15.2 Å². The molecule has 2 heterocycles. The minimum absolute atomic E-state index is 0.0972. The molecule has 0 amide bonds. The first-order valence-electron chi connectivity index (χ1n) is 19.1. The standard InChI is InChI=1S/C50H46N2O4S/c1-49(2,3)39-18-10-34(11-19-39)36-14-24-42(25-15-36)52(43-26-16-37(17-27-43)35-12-20-40(21-13-35)50(4,5)6)41-22-7-33(8-23-41)9-28-44-46-47(56-30-29-55-46)45(57-44)31-38(32-51)48(53)54/h7-28,31H,29-30H2,1-6H3,(H,53,54)/b28-9+,38-31-. The normalized spacial score (nSPS) is 13.0. The topological polar surface area (TPSA) is 82.8 Å².